The van der Waals surface area contributed by atoms with Gasteiger partial charge in [0.2, 0.25) is 0 Å². The summed E-state index contributed by atoms with van der Waals surface area (Å²) in [4.78, 5) is 21.7. The van der Waals surface area contributed by atoms with Gasteiger partial charge in [-0.1, -0.05) is 25.2 Å². The van der Waals surface area contributed by atoms with E-state index in [0.717, 1.165) is 0 Å². The van der Waals surface area contributed by atoms with Crippen molar-refractivity contribution >= 4 is 11.8 Å². The van der Waals surface area contributed by atoms with Crippen molar-refractivity contribution < 1.29 is 14.3 Å². The van der Waals surface area contributed by atoms with Crippen LogP contribution in [0.25, 0.3) is 0 Å². The van der Waals surface area contributed by atoms with Crippen LogP contribution in [0.15, 0.2) is 36.5 Å². The molecule has 0 saturated carbocycles. The summed E-state index contributed by atoms with van der Waals surface area (Å²) in [5.41, 5.74) is 0. The highest BCUT2D eigenvalue weighted by molar-refractivity contribution is 5.89. The van der Waals surface area contributed by atoms with Crippen LogP contribution in [0.3, 0.4) is 0 Å². The Labute approximate surface area is 89.1 Å². The molecule has 0 fully saturated rings. The van der Waals surface area contributed by atoms with Crippen LogP contribution >= 0.6 is 0 Å². The molecule has 0 aromatic carbocycles. The molecular formula is C12H14O3. The zero-order valence-electron chi connectivity index (χ0n) is 8.68. The van der Waals surface area contributed by atoms with Gasteiger partial charge in [-0.2, -0.15) is 0 Å². The molecule has 3 heteroatoms. The van der Waals surface area contributed by atoms with E-state index in [-0.39, 0.29) is 17.9 Å². The van der Waals surface area contributed by atoms with Crippen molar-refractivity contribution in [1.29, 1.82) is 0 Å². The molecule has 1 aliphatic rings. The molecule has 1 aliphatic heterocycles. The molecule has 0 spiro atoms. The maximum absolute atomic E-state index is 10.9. The lowest BCUT2D eigenvalue weighted by Gasteiger charge is -2.13. The third-order valence-electron chi connectivity index (χ3n) is 1.96. The first-order chi connectivity index (χ1) is 7.22. The standard InChI is InChI=1S/C12H14O3/c1-2-10(13)6-3-4-7-11-8-5-9-12(14)15-11/h3-7,9,11H,2,8H2,1H3/b6-3+,7-4-/t11-/m1/s1. The number of ether oxygens (including phenoxy) is 1. The van der Waals surface area contributed by atoms with E-state index in [4.69, 9.17) is 4.74 Å². The fraction of sp³-hybridized carbons (Fsp3) is 0.333. The number of cyclic esters (lactones) is 1. The van der Waals surface area contributed by atoms with E-state index in [1.54, 1.807) is 24.3 Å². The molecule has 0 aromatic rings. The Morgan fingerprint density at radius 2 is 2.40 bits per heavy atom. The quantitative estimate of drug-likeness (QED) is 0.401. The van der Waals surface area contributed by atoms with E-state index >= 15 is 0 Å². The van der Waals surface area contributed by atoms with Crippen LogP contribution in [0, 0.1) is 0 Å². The molecule has 1 atom stereocenters. The zero-order valence-corrected chi connectivity index (χ0v) is 8.68. The smallest absolute Gasteiger partial charge is 0.331 e. The van der Waals surface area contributed by atoms with Gasteiger partial charge in [0.1, 0.15) is 6.10 Å². The molecule has 3 nitrogen and oxygen atoms in total. The van der Waals surface area contributed by atoms with Gasteiger partial charge in [0.05, 0.1) is 0 Å². The number of rotatable bonds is 4. The zero-order chi connectivity index (χ0) is 11.1. The van der Waals surface area contributed by atoms with Crippen molar-refractivity contribution in [3.8, 4) is 0 Å². The maximum Gasteiger partial charge on any atom is 0.331 e. The molecular weight excluding hydrogens is 192 g/mol. The summed E-state index contributed by atoms with van der Waals surface area (Å²) < 4.78 is 4.99. The van der Waals surface area contributed by atoms with Crippen LogP contribution in [0.1, 0.15) is 19.8 Å². The third-order valence-corrected chi connectivity index (χ3v) is 1.96. The monoisotopic (exact) mass is 206 g/mol. The fourth-order valence-corrected chi connectivity index (χ4v) is 1.12. The highest BCUT2D eigenvalue weighted by atomic mass is 16.5. The summed E-state index contributed by atoms with van der Waals surface area (Å²) in [6.45, 7) is 1.81. The predicted octanol–water partition coefficient (Wildman–Crippen LogP) is 1.95. The Kier molecular flexibility index (Phi) is 4.54. The number of hydrogen-bond acceptors (Lipinski definition) is 3. The van der Waals surface area contributed by atoms with Crippen molar-refractivity contribution in [3.63, 3.8) is 0 Å². The topological polar surface area (TPSA) is 43.4 Å². The summed E-state index contributed by atoms with van der Waals surface area (Å²) in [6.07, 6.45) is 10.9. The molecule has 0 N–H and O–H groups in total. The molecule has 0 aromatic heterocycles. The van der Waals surface area contributed by atoms with Crippen molar-refractivity contribution in [3.05, 3.63) is 36.5 Å². The molecule has 1 rings (SSSR count). The highest BCUT2D eigenvalue weighted by Gasteiger charge is 2.11. The summed E-state index contributed by atoms with van der Waals surface area (Å²) >= 11 is 0. The van der Waals surface area contributed by atoms with E-state index < -0.39 is 0 Å². The van der Waals surface area contributed by atoms with Crippen molar-refractivity contribution in [2.24, 2.45) is 0 Å². The second kappa shape index (κ2) is 5.96. The summed E-state index contributed by atoms with van der Waals surface area (Å²) in [7, 11) is 0. The predicted molar refractivity (Wildman–Crippen MR) is 57.2 cm³/mol. The van der Waals surface area contributed by atoms with E-state index in [2.05, 4.69) is 0 Å². The SMILES string of the molecule is CCC(=O)/C=C/C=C\[C@@H]1CC=CC(=O)O1. The Bertz CT molecular complexity index is 324. The second-order valence-corrected chi connectivity index (χ2v) is 3.18. The minimum absolute atomic E-state index is 0.0835. The van der Waals surface area contributed by atoms with E-state index in [1.807, 2.05) is 6.92 Å². The van der Waals surface area contributed by atoms with Gasteiger partial charge < -0.3 is 4.74 Å². The molecule has 15 heavy (non-hydrogen) atoms. The van der Waals surface area contributed by atoms with E-state index in [9.17, 15) is 9.59 Å². The van der Waals surface area contributed by atoms with Crippen LogP contribution in [-0.4, -0.2) is 17.9 Å². The highest BCUT2D eigenvalue weighted by Crippen LogP contribution is 2.08. The second-order valence-electron chi connectivity index (χ2n) is 3.18. The third kappa shape index (κ3) is 4.40. The Morgan fingerprint density at radius 3 is 3.07 bits per heavy atom. The van der Waals surface area contributed by atoms with Crippen molar-refractivity contribution in [2.45, 2.75) is 25.9 Å². The molecule has 1 heterocycles. The lowest BCUT2D eigenvalue weighted by Crippen LogP contribution is -2.17. The number of ketones is 1. The van der Waals surface area contributed by atoms with Crippen molar-refractivity contribution in [2.75, 3.05) is 0 Å². The Balaban J connectivity index is 2.38. The Morgan fingerprint density at radius 1 is 1.60 bits per heavy atom. The van der Waals surface area contributed by atoms with Crippen LogP contribution in [0.2, 0.25) is 0 Å². The minimum Gasteiger partial charge on any atom is -0.455 e. The molecule has 0 radical (unpaired) electrons. The largest absolute Gasteiger partial charge is 0.455 e. The number of carbonyl (C=O) groups excluding carboxylic acids is 2. The summed E-state index contributed by atoms with van der Waals surface area (Å²) in [5.74, 6) is -0.232. The minimum atomic E-state index is -0.315. The molecule has 0 aliphatic carbocycles. The summed E-state index contributed by atoms with van der Waals surface area (Å²) in [5, 5.41) is 0. The molecule has 0 unspecified atom stereocenters. The number of allylic oxidation sites excluding steroid dienone is 3. The maximum atomic E-state index is 10.9. The first kappa shape index (κ1) is 11.4. The van der Waals surface area contributed by atoms with Gasteiger partial charge in [0, 0.05) is 18.9 Å². The van der Waals surface area contributed by atoms with Gasteiger partial charge >= 0.3 is 5.97 Å². The van der Waals surface area contributed by atoms with Crippen LogP contribution in [0.5, 0.6) is 0 Å². The molecule has 80 valence electrons. The van der Waals surface area contributed by atoms with Gasteiger partial charge in [-0.15, -0.1) is 0 Å². The number of hydrogen-bond donors (Lipinski definition) is 0. The van der Waals surface area contributed by atoms with Crippen LogP contribution in [0.4, 0.5) is 0 Å². The Hall–Kier alpha value is -1.64. The number of esters is 1. The normalized spacial score (nSPS) is 21.1. The van der Waals surface area contributed by atoms with Gasteiger partial charge in [0.15, 0.2) is 5.78 Å². The van der Waals surface area contributed by atoms with Crippen LogP contribution < -0.4 is 0 Å². The van der Waals surface area contributed by atoms with Crippen LogP contribution in [-0.2, 0) is 14.3 Å². The van der Waals surface area contributed by atoms with Gasteiger partial charge in [-0.05, 0) is 12.2 Å². The lowest BCUT2D eigenvalue weighted by molar-refractivity contribution is -0.141. The fourth-order valence-electron chi connectivity index (χ4n) is 1.12. The first-order valence-corrected chi connectivity index (χ1v) is 4.97. The molecule has 0 saturated heterocycles. The number of carbonyl (C=O) groups is 2. The van der Waals surface area contributed by atoms with Crippen molar-refractivity contribution in [1.82, 2.24) is 0 Å². The van der Waals surface area contributed by atoms with Gasteiger partial charge in [0.25, 0.3) is 0 Å². The van der Waals surface area contributed by atoms with E-state index in [1.165, 1.54) is 12.2 Å². The first-order valence-electron chi connectivity index (χ1n) is 4.97. The van der Waals surface area contributed by atoms with Gasteiger partial charge in [-0.25, -0.2) is 4.79 Å². The van der Waals surface area contributed by atoms with E-state index in [0.29, 0.717) is 12.8 Å². The average Bonchev–Trinajstić information content (AvgIpc) is 2.24. The average molecular weight is 206 g/mol. The summed E-state index contributed by atoms with van der Waals surface area (Å²) in [6, 6.07) is 0. The lowest BCUT2D eigenvalue weighted by atomic mass is 10.2. The molecule has 0 amide bonds. The van der Waals surface area contributed by atoms with Gasteiger partial charge in [-0.3, -0.25) is 4.79 Å². The molecule has 0 bridgehead atoms.